The highest BCUT2D eigenvalue weighted by Crippen LogP contribution is 2.34. The fraction of sp³-hybridized carbons (Fsp3) is 0.364. The number of benzene rings is 1. The molecule has 0 atom stereocenters. The second kappa shape index (κ2) is 8.37. The van der Waals surface area contributed by atoms with E-state index < -0.39 is 0 Å². The first-order chi connectivity index (χ1) is 13.3. The molecule has 3 rings (SSSR count). The molecule has 1 fully saturated rings. The molecule has 5 nitrogen and oxygen atoms in total. The first-order valence-corrected chi connectivity index (χ1v) is 10.2. The summed E-state index contributed by atoms with van der Waals surface area (Å²) in [5.41, 5.74) is 6.69. The Hall–Kier alpha value is -2.31. The predicted octanol–water partition coefficient (Wildman–Crippen LogP) is 4.78. The van der Waals surface area contributed by atoms with Crippen LogP contribution in [0.5, 0.6) is 0 Å². The summed E-state index contributed by atoms with van der Waals surface area (Å²) >= 11 is 1.01. The van der Waals surface area contributed by atoms with Gasteiger partial charge in [0.15, 0.2) is 0 Å². The second-order valence-electron chi connectivity index (χ2n) is 7.11. The normalized spacial score (nSPS) is 15.9. The van der Waals surface area contributed by atoms with Gasteiger partial charge in [-0.1, -0.05) is 6.07 Å². The van der Waals surface area contributed by atoms with Gasteiger partial charge in [0.2, 0.25) is 0 Å². The summed E-state index contributed by atoms with van der Waals surface area (Å²) in [5, 5.41) is -0.213. The fourth-order valence-electron chi connectivity index (χ4n) is 3.40. The zero-order valence-corrected chi connectivity index (χ0v) is 17.9. The van der Waals surface area contributed by atoms with E-state index in [1.807, 2.05) is 13.0 Å². The van der Waals surface area contributed by atoms with Crippen molar-refractivity contribution < 1.29 is 14.3 Å². The molecular weight excluding hydrogens is 372 g/mol. The molecule has 2 amide bonds. The van der Waals surface area contributed by atoms with Crippen molar-refractivity contribution in [2.75, 3.05) is 20.3 Å². The molecule has 1 saturated heterocycles. The van der Waals surface area contributed by atoms with Gasteiger partial charge in [-0.25, -0.2) is 0 Å². The van der Waals surface area contributed by atoms with Gasteiger partial charge in [-0.05, 0) is 86.8 Å². The standard InChI is InChI=1S/C22H26N2O3S/c1-14-7-8-19(11-15(14)2)24-16(3)12-18(17(24)4)13-20-21(25)23(22(26)28-20)9-6-10-27-5/h7-8,11-13H,6,9-10H2,1-5H3/b20-13+. The van der Waals surface area contributed by atoms with E-state index in [1.165, 1.54) is 16.0 Å². The van der Waals surface area contributed by atoms with Crippen LogP contribution in [0.4, 0.5) is 4.79 Å². The van der Waals surface area contributed by atoms with Crippen LogP contribution in [0.25, 0.3) is 11.8 Å². The molecule has 0 bridgehead atoms. The van der Waals surface area contributed by atoms with Crippen LogP contribution in [0.1, 0.15) is 34.5 Å². The number of nitrogens with zero attached hydrogens (tertiary/aromatic N) is 2. The Morgan fingerprint density at radius 1 is 1.07 bits per heavy atom. The molecule has 1 aromatic heterocycles. The Morgan fingerprint density at radius 2 is 1.82 bits per heavy atom. The molecule has 0 aliphatic carbocycles. The second-order valence-corrected chi connectivity index (χ2v) is 8.10. The molecule has 1 aliphatic rings. The third-order valence-corrected chi connectivity index (χ3v) is 6.02. The molecule has 148 valence electrons. The summed E-state index contributed by atoms with van der Waals surface area (Å²) in [6.07, 6.45) is 2.48. The molecule has 0 N–H and O–H groups in total. The maximum absolute atomic E-state index is 12.6. The van der Waals surface area contributed by atoms with E-state index in [0.29, 0.717) is 24.5 Å². The summed E-state index contributed by atoms with van der Waals surface area (Å²) in [5.74, 6) is -0.220. The summed E-state index contributed by atoms with van der Waals surface area (Å²) < 4.78 is 7.19. The average Bonchev–Trinajstić information content (AvgIpc) is 3.07. The highest BCUT2D eigenvalue weighted by molar-refractivity contribution is 8.18. The minimum atomic E-state index is -0.220. The first-order valence-electron chi connectivity index (χ1n) is 9.34. The van der Waals surface area contributed by atoms with Gasteiger partial charge in [-0.15, -0.1) is 0 Å². The predicted molar refractivity (Wildman–Crippen MR) is 114 cm³/mol. The van der Waals surface area contributed by atoms with Gasteiger partial charge >= 0.3 is 0 Å². The van der Waals surface area contributed by atoms with E-state index >= 15 is 0 Å². The number of carbonyl (C=O) groups is 2. The van der Waals surface area contributed by atoms with E-state index in [0.717, 1.165) is 34.4 Å². The Balaban J connectivity index is 1.90. The van der Waals surface area contributed by atoms with Gasteiger partial charge in [0.1, 0.15) is 0 Å². The van der Waals surface area contributed by atoms with Crippen LogP contribution in [-0.4, -0.2) is 40.9 Å². The van der Waals surface area contributed by atoms with Gasteiger partial charge < -0.3 is 9.30 Å². The van der Waals surface area contributed by atoms with Gasteiger partial charge in [-0.2, -0.15) is 0 Å². The molecule has 1 aromatic carbocycles. The van der Waals surface area contributed by atoms with Gasteiger partial charge in [0, 0.05) is 37.3 Å². The number of hydrogen-bond donors (Lipinski definition) is 0. The third-order valence-electron chi connectivity index (χ3n) is 5.11. The minimum Gasteiger partial charge on any atom is -0.385 e. The summed E-state index contributed by atoms with van der Waals surface area (Å²) in [6.45, 7) is 9.21. The number of aromatic nitrogens is 1. The lowest BCUT2D eigenvalue weighted by molar-refractivity contribution is -0.122. The highest BCUT2D eigenvalue weighted by atomic mass is 32.2. The van der Waals surface area contributed by atoms with Crippen LogP contribution in [0.3, 0.4) is 0 Å². The van der Waals surface area contributed by atoms with Crippen molar-refractivity contribution in [3.8, 4) is 5.69 Å². The van der Waals surface area contributed by atoms with Crippen LogP contribution in [-0.2, 0) is 9.53 Å². The van der Waals surface area contributed by atoms with Crippen molar-refractivity contribution in [1.29, 1.82) is 0 Å². The van der Waals surface area contributed by atoms with Gasteiger partial charge in [-0.3, -0.25) is 14.5 Å². The molecule has 0 radical (unpaired) electrons. The number of rotatable bonds is 6. The average molecular weight is 399 g/mol. The van der Waals surface area contributed by atoms with Crippen LogP contribution >= 0.6 is 11.8 Å². The molecule has 2 heterocycles. The maximum Gasteiger partial charge on any atom is 0.293 e. The largest absolute Gasteiger partial charge is 0.385 e. The Kier molecular flexibility index (Phi) is 6.10. The lowest BCUT2D eigenvalue weighted by Crippen LogP contribution is -2.29. The van der Waals surface area contributed by atoms with E-state index in [-0.39, 0.29) is 11.1 Å². The van der Waals surface area contributed by atoms with Crippen LogP contribution in [0.15, 0.2) is 29.2 Å². The van der Waals surface area contributed by atoms with Crippen molar-refractivity contribution in [2.24, 2.45) is 0 Å². The molecular formula is C22H26N2O3S. The monoisotopic (exact) mass is 398 g/mol. The molecule has 0 saturated carbocycles. The smallest absolute Gasteiger partial charge is 0.293 e. The number of ether oxygens (including phenoxy) is 1. The molecule has 0 unspecified atom stereocenters. The SMILES string of the molecule is COCCCN1C(=O)S/C(=C/c2cc(C)n(-c3ccc(C)c(C)c3)c2C)C1=O. The third kappa shape index (κ3) is 3.93. The number of methoxy groups -OCH3 is 1. The first kappa shape index (κ1) is 20.4. The molecule has 28 heavy (non-hydrogen) atoms. The number of thioether (sulfide) groups is 1. The van der Waals surface area contributed by atoms with Crippen LogP contribution < -0.4 is 0 Å². The number of amides is 2. The minimum absolute atomic E-state index is 0.213. The lowest BCUT2D eigenvalue weighted by atomic mass is 10.1. The molecule has 6 heteroatoms. The summed E-state index contributed by atoms with van der Waals surface area (Å²) in [6, 6.07) is 8.45. The quantitative estimate of drug-likeness (QED) is 0.519. The maximum atomic E-state index is 12.6. The molecule has 0 spiro atoms. The van der Waals surface area contributed by atoms with E-state index in [2.05, 4.69) is 49.6 Å². The van der Waals surface area contributed by atoms with Crippen LogP contribution in [0, 0.1) is 27.7 Å². The van der Waals surface area contributed by atoms with Crippen molar-refractivity contribution >= 4 is 29.0 Å². The topological polar surface area (TPSA) is 51.5 Å². The van der Waals surface area contributed by atoms with Crippen molar-refractivity contribution in [3.63, 3.8) is 0 Å². The number of aryl methyl sites for hydroxylation is 3. The number of imide groups is 1. The molecule has 1 aliphatic heterocycles. The van der Waals surface area contributed by atoms with E-state index in [1.54, 1.807) is 7.11 Å². The van der Waals surface area contributed by atoms with Crippen molar-refractivity contribution in [1.82, 2.24) is 9.47 Å². The number of hydrogen-bond acceptors (Lipinski definition) is 4. The van der Waals surface area contributed by atoms with E-state index in [4.69, 9.17) is 4.74 Å². The van der Waals surface area contributed by atoms with Gasteiger partial charge in [0.05, 0.1) is 4.91 Å². The Morgan fingerprint density at radius 3 is 2.50 bits per heavy atom. The number of carbonyl (C=O) groups excluding carboxylic acids is 2. The highest BCUT2D eigenvalue weighted by Gasteiger charge is 2.34. The Labute approximate surface area is 170 Å². The lowest BCUT2D eigenvalue weighted by Gasteiger charge is -2.12. The zero-order valence-electron chi connectivity index (χ0n) is 17.0. The summed E-state index contributed by atoms with van der Waals surface area (Å²) in [7, 11) is 1.61. The summed E-state index contributed by atoms with van der Waals surface area (Å²) in [4.78, 5) is 26.6. The Bertz CT molecular complexity index is 959. The van der Waals surface area contributed by atoms with Crippen molar-refractivity contribution in [3.05, 3.63) is 57.2 Å². The zero-order chi connectivity index (χ0) is 20.4. The van der Waals surface area contributed by atoms with Gasteiger partial charge in [0.25, 0.3) is 11.1 Å². The molecule has 2 aromatic rings. The van der Waals surface area contributed by atoms with Crippen LogP contribution in [0.2, 0.25) is 0 Å². The van der Waals surface area contributed by atoms with E-state index in [9.17, 15) is 9.59 Å². The fourth-order valence-corrected chi connectivity index (χ4v) is 4.25. The van der Waals surface area contributed by atoms with Crippen molar-refractivity contribution in [2.45, 2.75) is 34.1 Å².